The molecule has 0 bridgehead atoms. The van der Waals surface area contributed by atoms with E-state index in [1.54, 1.807) is 36.4 Å². The van der Waals surface area contributed by atoms with Gasteiger partial charge in [0.1, 0.15) is 11.6 Å². The van der Waals surface area contributed by atoms with Gasteiger partial charge in [-0.25, -0.2) is 9.37 Å². The average molecular weight is 336 g/mol. The largest absolute Gasteiger partial charge is 0.340 e. The molecule has 0 saturated carbocycles. The summed E-state index contributed by atoms with van der Waals surface area (Å²) < 4.78 is 13.0. The molecule has 0 unspecified atom stereocenters. The van der Waals surface area contributed by atoms with Crippen molar-refractivity contribution in [2.24, 2.45) is 0 Å². The standard InChI is InChI=1S/C19H17FN4O/c1-12-10-18(22-16-8-6-15(20)7-9-16)24-19(21-12)23-17-5-3-4-14(11-17)13(2)25/h3-11H,1-2H3,(H2,21,22,23,24). The molecule has 3 rings (SSSR count). The van der Waals surface area contributed by atoms with Crippen molar-refractivity contribution in [2.45, 2.75) is 13.8 Å². The number of nitrogens with one attached hydrogen (secondary N) is 2. The summed E-state index contributed by atoms with van der Waals surface area (Å²) in [5, 5.41) is 6.22. The van der Waals surface area contributed by atoms with Gasteiger partial charge >= 0.3 is 0 Å². The van der Waals surface area contributed by atoms with Crippen LogP contribution < -0.4 is 10.6 Å². The molecule has 1 heterocycles. The van der Waals surface area contributed by atoms with E-state index in [2.05, 4.69) is 20.6 Å². The fourth-order valence-electron chi connectivity index (χ4n) is 2.31. The second-order valence-corrected chi connectivity index (χ2v) is 5.61. The smallest absolute Gasteiger partial charge is 0.229 e. The molecule has 0 aliphatic heterocycles. The van der Waals surface area contributed by atoms with Crippen LogP contribution in [0.2, 0.25) is 0 Å². The minimum absolute atomic E-state index is 0.00697. The summed E-state index contributed by atoms with van der Waals surface area (Å²) in [7, 11) is 0. The Balaban J connectivity index is 1.83. The van der Waals surface area contributed by atoms with E-state index in [4.69, 9.17) is 0 Å². The van der Waals surface area contributed by atoms with Gasteiger partial charge in [-0.3, -0.25) is 4.79 Å². The number of nitrogens with zero attached hydrogens (tertiary/aromatic N) is 2. The number of aryl methyl sites for hydroxylation is 1. The van der Waals surface area contributed by atoms with E-state index in [1.807, 2.05) is 13.0 Å². The van der Waals surface area contributed by atoms with Gasteiger partial charge in [-0.15, -0.1) is 0 Å². The summed E-state index contributed by atoms with van der Waals surface area (Å²) in [6, 6.07) is 15.0. The van der Waals surface area contributed by atoms with E-state index in [9.17, 15) is 9.18 Å². The van der Waals surface area contributed by atoms with Crippen LogP contribution in [0.25, 0.3) is 0 Å². The molecule has 5 nitrogen and oxygen atoms in total. The maximum atomic E-state index is 13.0. The first-order valence-electron chi connectivity index (χ1n) is 7.76. The lowest BCUT2D eigenvalue weighted by atomic mass is 10.1. The van der Waals surface area contributed by atoms with E-state index in [-0.39, 0.29) is 11.6 Å². The molecule has 126 valence electrons. The van der Waals surface area contributed by atoms with Crippen LogP contribution in [0.4, 0.5) is 27.5 Å². The fraction of sp³-hybridized carbons (Fsp3) is 0.105. The molecule has 0 spiro atoms. The number of aromatic nitrogens is 2. The number of rotatable bonds is 5. The van der Waals surface area contributed by atoms with Crippen molar-refractivity contribution in [1.29, 1.82) is 0 Å². The summed E-state index contributed by atoms with van der Waals surface area (Å²) in [5.41, 5.74) is 2.84. The molecular formula is C19H17FN4O. The summed E-state index contributed by atoms with van der Waals surface area (Å²) in [4.78, 5) is 20.3. The van der Waals surface area contributed by atoms with Gasteiger partial charge in [0, 0.05) is 28.7 Å². The molecular weight excluding hydrogens is 319 g/mol. The fourth-order valence-corrected chi connectivity index (χ4v) is 2.31. The van der Waals surface area contributed by atoms with Gasteiger partial charge in [0.15, 0.2) is 5.78 Å². The summed E-state index contributed by atoms with van der Waals surface area (Å²) in [6.07, 6.45) is 0. The van der Waals surface area contributed by atoms with Crippen LogP contribution >= 0.6 is 0 Å². The molecule has 2 N–H and O–H groups in total. The van der Waals surface area contributed by atoms with Gasteiger partial charge in [-0.05, 0) is 50.2 Å². The van der Waals surface area contributed by atoms with E-state index in [0.29, 0.717) is 17.3 Å². The Morgan fingerprint density at radius 2 is 1.72 bits per heavy atom. The van der Waals surface area contributed by atoms with E-state index in [0.717, 1.165) is 17.1 Å². The molecule has 0 radical (unpaired) electrons. The highest BCUT2D eigenvalue weighted by molar-refractivity contribution is 5.95. The quantitative estimate of drug-likeness (QED) is 0.666. The van der Waals surface area contributed by atoms with Crippen LogP contribution in [-0.2, 0) is 0 Å². The number of hydrogen-bond donors (Lipinski definition) is 2. The molecule has 0 amide bonds. The summed E-state index contributed by atoms with van der Waals surface area (Å²) in [6.45, 7) is 3.38. The molecule has 2 aromatic carbocycles. The molecule has 25 heavy (non-hydrogen) atoms. The second-order valence-electron chi connectivity index (χ2n) is 5.61. The van der Waals surface area contributed by atoms with Gasteiger partial charge in [-0.2, -0.15) is 4.98 Å². The second kappa shape index (κ2) is 7.09. The minimum Gasteiger partial charge on any atom is -0.340 e. The minimum atomic E-state index is -0.294. The third kappa shape index (κ3) is 4.38. The number of anilines is 4. The topological polar surface area (TPSA) is 66.9 Å². The van der Waals surface area contributed by atoms with Crippen LogP contribution in [-0.4, -0.2) is 15.8 Å². The number of halogens is 1. The highest BCUT2D eigenvalue weighted by Crippen LogP contribution is 2.20. The number of carbonyl (C=O) groups excluding carboxylic acids is 1. The van der Waals surface area contributed by atoms with Gasteiger partial charge in [0.05, 0.1) is 0 Å². The Hall–Kier alpha value is -3.28. The van der Waals surface area contributed by atoms with E-state index in [1.165, 1.54) is 19.1 Å². The Morgan fingerprint density at radius 1 is 0.960 bits per heavy atom. The third-order valence-corrected chi connectivity index (χ3v) is 3.50. The lowest BCUT2D eigenvalue weighted by molar-refractivity contribution is 0.101. The first-order chi connectivity index (χ1) is 12.0. The normalized spacial score (nSPS) is 10.4. The molecule has 6 heteroatoms. The third-order valence-electron chi connectivity index (χ3n) is 3.50. The van der Waals surface area contributed by atoms with Crippen LogP contribution in [0.1, 0.15) is 23.0 Å². The molecule has 0 aliphatic rings. The van der Waals surface area contributed by atoms with Crippen molar-refractivity contribution in [2.75, 3.05) is 10.6 Å². The predicted octanol–water partition coefficient (Wildman–Crippen LogP) is 4.61. The first kappa shape index (κ1) is 16.6. The molecule has 0 fully saturated rings. The zero-order valence-electron chi connectivity index (χ0n) is 13.9. The van der Waals surface area contributed by atoms with Gasteiger partial charge < -0.3 is 10.6 Å². The Morgan fingerprint density at radius 3 is 2.44 bits per heavy atom. The number of ketones is 1. The van der Waals surface area contributed by atoms with Gasteiger partial charge in [0.25, 0.3) is 0 Å². The zero-order chi connectivity index (χ0) is 17.8. The highest BCUT2D eigenvalue weighted by atomic mass is 19.1. The maximum Gasteiger partial charge on any atom is 0.229 e. The Bertz CT molecular complexity index is 910. The number of Topliss-reactive ketones (excluding diaryl/α,β-unsaturated/α-hetero) is 1. The van der Waals surface area contributed by atoms with Crippen molar-refractivity contribution in [3.8, 4) is 0 Å². The average Bonchev–Trinajstić information content (AvgIpc) is 2.57. The summed E-state index contributed by atoms with van der Waals surface area (Å²) >= 11 is 0. The maximum absolute atomic E-state index is 13.0. The first-order valence-corrected chi connectivity index (χ1v) is 7.76. The molecule has 3 aromatic rings. The summed E-state index contributed by atoms with van der Waals surface area (Å²) in [5.74, 6) is 0.694. The van der Waals surface area contributed by atoms with Gasteiger partial charge in [-0.1, -0.05) is 12.1 Å². The Labute approximate surface area is 145 Å². The lowest BCUT2D eigenvalue weighted by Crippen LogP contribution is -2.03. The highest BCUT2D eigenvalue weighted by Gasteiger charge is 2.06. The van der Waals surface area contributed by atoms with E-state index >= 15 is 0 Å². The molecule has 0 aliphatic carbocycles. The Kier molecular flexibility index (Phi) is 4.70. The van der Waals surface area contributed by atoms with E-state index < -0.39 is 0 Å². The molecule has 0 atom stereocenters. The monoisotopic (exact) mass is 336 g/mol. The number of hydrogen-bond acceptors (Lipinski definition) is 5. The van der Waals surface area contributed by atoms with Gasteiger partial charge in [0.2, 0.25) is 5.95 Å². The number of carbonyl (C=O) groups is 1. The number of benzene rings is 2. The SMILES string of the molecule is CC(=O)c1cccc(Nc2nc(C)cc(Nc3ccc(F)cc3)n2)c1. The molecule has 0 saturated heterocycles. The van der Waals surface area contributed by atoms with Crippen LogP contribution in [0.5, 0.6) is 0 Å². The van der Waals surface area contributed by atoms with Crippen molar-refractivity contribution in [3.63, 3.8) is 0 Å². The zero-order valence-corrected chi connectivity index (χ0v) is 13.9. The van der Waals surface area contributed by atoms with Crippen LogP contribution in [0.3, 0.4) is 0 Å². The van der Waals surface area contributed by atoms with Crippen LogP contribution in [0.15, 0.2) is 54.6 Å². The van der Waals surface area contributed by atoms with Crippen molar-refractivity contribution in [3.05, 3.63) is 71.7 Å². The van der Waals surface area contributed by atoms with Crippen molar-refractivity contribution >= 4 is 28.9 Å². The predicted molar refractivity (Wildman–Crippen MR) is 96.2 cm³/mol. The van der Waals surface area contributed by atoms with Crippen LogP contribution in [0, 0.1) is 12.7 Å². The van der Waals surface area contributed by atoms with Crippen molar-refractivity contribution in [1.82, 2.24) is 9.97 Å². The van der Waals surface area contributed by atoms with Crippen molar-refractivity contribution < 1.29 is 9.18 Å². The lowest BCUT2D eigenvalue weighted by Gasteiger charge is -2.10. The molecule has 1 aromatic heterocycles.